The van der Waals surface area contributed by atoms with Crippen LogP contribution in [0.2, 0.25) is 0 Å². The predicted molar refractivity (Wildman–Crippen MR) is 50.8 cm³/mol. The Morgan fingerprint density at radius 3 is 2.21 bits per heavy atom. The summed E-state index contributed by atoms with van der Waals surface area (Å²) in [7, 11) is 0. The molecule has 5 nitrogen and oxygen atoms in total. The van der Waals surface area contributed by atoms with Crippen molar-refractivity contribution in [3.8, 4) is 0 Å². The molecule has 0 aromatic carbocycles. The highest BCUT2D eigenvalue weighted by Crippen LogP contribution is 1.85. The summed E-state index contributed by atoms with van der Waals surface area (Å²) in [5.74, 6) is -0.329. The molecule has 0 aliphatic carbocycles. The quantitative estimate of drug-likeness (QED) is 0.417. The second-order valence-electron chi connectivity index (χ2n) is 1.71. The maximum Gasteiger partial charge on any atom is 0.509 e. The highest BCUT2D eigenvalue weighted by molar-refractivity contribution is 6.17. The third-order valence-electron chi connectivity index (χ3n) is 0.684. The van der Waals surface area contributed by atoms with Gasteiger partial charge >= 0.3 is 12.1 Å². The fourth-order valence-electron chi connectivity index (χ4n) is 0.321. The molecule has 0 radical (unpaired) electrons. The summed E-state index contributed by atoms with van der Waals surface area (Å²) in [6.45, 7) is 6.48. The minimum Gasteiger partial charge on any atom is -0.435 e. The average Bonchev–Trinajstić information content (AvgIpc) is 2.05. The number of hydrogen-bond acceptors (Lipinski definition) is 5. The highest BCUT2D eigenvalue weighted by Gasteiger charge is 1.96. The van der Waals surface area contributed by atoms with Crippen LogP contribution in [0.25, 0.3) is 0 Å². The molecular weight excluding hydrogens is 212 g/mol. The SMILES string of the molecule is C=COC(C)=O.CCOC(=O)OCCl. The van der Waals surface area contributed by atoms with Crippen molar-refractivity contribution in [3.05, 3.63) is 12.8 Å². The first-order valence-electron chi connectivity index (χ1n) is 3.72. The van der Waals surface area contributed by atoms with E-state index in [1.54, 1.807) is 6.92 Å². The summed E-state index contributed by atoms with van der Waals surface area (Å²) >= 11 is 5.01. The van der Waals surface area contributed by atoms with E-state index in [2.05, 4.69) is 20.8 Å². The van der Waals surface area contributed by atoms with Gasteiger partial charge in [0.2, 0.25) is 0 Å². The monoisotopic (exact) mass is 224 g/mol. The second-order valence-corrected chi connectivity index (χ2v) is 1.93. The molecule has 82 valence electrons. The molecule has 0 amide bonds. The largest absolute Gasteiger partial charge is 0.509 e. The number of carbonyl (C=O) groups is 2. The van der Waals surface area contributed by atoms with Gasteiger partial charge in [0.05, 0.1) is 12.9 Å². The number of hydrogen-bond donors (Lipinski definition) is 0. The third-order valence-corrected chi connectivity index (χ3v) is 0.793. The summed E-state index contributed by atoms with van der Waals surface area (Å²) in [5, 5.41) is 0. The van der Waals surface area contributed by atoms with Gasteiger partial charge in [-0.15, -0.1) is 0 Å². The minimum absolute atomic E-state index is 0.154. The summed E-state index contributed by atoms with van der Waals surface area (Å²) in [6, 6.07) is -0.154. The lowest BCUT2D eigenvalue weighted by Crippen LogP contribution is -2.04. The van der Waals surface area contributed by atoms with Crippen LogP contribution in [-0.4, -0.2) is 24.8 Å². The van der Waals surface area contributed by atoms with Crippen LogP contribution in [0.5, 0.6) is 0 Å². The van der Waals surface area contributed by atoms with Crippen LogP contribution in [0.1, 0.15) is 13.8 Å². The van der Waals surface area contributed by atoms with Crippen LogP contribution in [0.15, 0.2) is 12.8 Å². The van der Waals surface area contributed by atoms with Gasteiger partial charge in [-0.25, -0.2) is 4.79 Å². The molecule has 0 aromatic heterocycles. The van der Waals surface area contributed by atoms with E-state index in [4.69, 9.17) is 11.6 Å². The lowest BCUT2D eigenvalue weighted by atomic mass is 10.8. The van der Waals surface area contributed by atoms with Crippen LogP contribution < -0.4 is 0 Å². The second kappa shape index (κ2) is 11.8. The maximum absolute atomic E-state index is 10.1. The van der Waals surface area contributed by atoms with Gasteiger partial charge in [0, 0.05) is 6.92 Å². The molecule has 0 rings (SSSR count). The molecule has 0 atom stereocenters. The van der Waals surface area contributed by atoms with Gasteiger partial charge in [-0.1, -0.05) is 18.2 Å². The van der Waals surface area contributed by atoms with Gasteiger partial charge in [0.25, 0.3) is 0 Å². The zero-order chi connectivity index (χ0) is 11.4. The van der Waals surface area contributed by atoms with Crippen molar-refractivity contribution in [1.29, 1.82) is 0 Å². The molecule has 0 aliphatic rings. The number of esters is 1. The number of alkyl halides is 1. The standard InChI is InChI=1S/C4H7ClO3.C4H6O2/c1-2-7-4(6)8-3-5;1-3-6-4(2)5/h2-3H2,1H3;3H,1H2,2H3. The van der Waals surface area contributed by atoms with E-state index in [0.717, 1.165) is 6.26 Å². The zero-order valence-corrected chi connectivity index (χ0v) is 8.87. The molecule has 0 aromatic rings. The van der Waals surface area contributed by atoms with Gasteiger partial charge in [-0.05, 0) is 6.92 Å². The molecule has 0 N–H and O–H groups in total. The van der Waals surface area contributed by atoms with E-state index in [9.17, 15) is 9.59 Å². The van der Waals surface area contributed by atoms with Gasteiger partial charge < -0.3 is 14.2 Å². The summed E-state index contributed by atoms with van der Waals surface area (Å²) in [5.41, 5.74) is 0. The van der Waals surface area contributed by atoms with Gasteiger partial charge in [0.1, 0.15) is 0 Å². The molecule has 0 aliphatic heterocycles. The van der Waals surface area contributed by atoms with Crippen molar-refractivity contribution in [3.63, 3.8) is 0 Å². The normalized spacial score (nSPS) is 7.64. The highest BCUT2D eigenvalue weighted by atomic mass is 35.5. The maximum atomic E-state index is 10.1. The Kier molecular flexibility index (Phi) is 12.8. The first-order valence-corrected chi connectivity index (χ1v) is 4.25. The van der Waals surface area contributed by atoms with E-state index >= 15 is 0 Å². The Labute approximate surface area is 87.6 Å². The summed E-state index contributed by atoms with van der Waals surface area (Å²) < 4.78 is 12.7. The number of ether oxygens (including phenoxy) is 3. The molecule has 0 saturated carbocycles. The van der Waals surface area contributed by atoms with E-state index in [-0.39, 0.29) is 12.0 Å². The van der Waals surface area contributed by atoms with Crippen molar-refractivity contribution in [2.45, 2.75) is 13.8 Å². The number of halogens is 1. The lowest BCUT2D eigenvalue weighted by molar-refractivity contribution is -0.135. The molecule has 0 unspecified atom stereocenters. The summed E-state index contributed by atoms with van der Waals surface area (Å²) in [6.07, 6.45) is 0.380. The fourth-order valence-corrected chi connectivity index (χ4v) is 0.411. The molecule has 14 heavy (non-hydrogen) atoms. The Bertz CT molecular complexity index is 173. The van der Waals surface area contributed by atoms with E-state index in [1.165, 1.54) is 6.92 Å². The Balaban J connectivity index is 0. The van der Waals surface area contributed by atoms with Crippen LogP contribution in [0.3, 0.4) is 0 Å². The third kappa shape index (κ3) is 17.0. The molecule has 0 saturated heterocycles. The van der Waals surface area contributed by atoms with E-state index < -0.39 is 6.16 Å². The Morgan fingerprint density at radius 2 is 2.00 bits per heavy atom. The lowest BCUT2D eigenvalue weighted by Gasteiger charge is -1.97. The van der Waals surface area contributed by atoms with E-state index in [1.807, 2.05) is 0 Å². The van der Waals surface area contributed by atoms with Crippen LogP contribution >= 0.6 is 11.6 Å². The van der Waals surface area contributed by atoms with Crippen LogP contribution in [-0.2, 0) is 19.0 Å². The first-order chi connectivity index (χ1) is 6.58. The molecule has 6 heteroatoms. The average molecular weight is 225 g/mol. The Morgan fingerprint density at radius 1 is 1.43 bits per heavy atom. The van der Waals surface area contributed by atoms with Crippen molar-refractivity contribution in [2.24, 2.45) is 0 Å². The zero-order valence-electron chi connectivity index (χ0n) is 8.12. The van der Waals surface area contributed by atoms with Crippen LogP contribution in [0, 0.1) is 0 Å². The van der Waals surface area contributed by atoms with Crippen LogP contribution in [0.4, 0.5) is 4.79 Å². The molecule has 0 bridgehead atoms. The number of rotatable bonds is 3. The topological polar surface area (TPSA) is 61.8 Å². The van der Waals surface area contributed by atoms with Crippen molar-refractivity contribution < 1.29 is 23.8 Å². The molecule has 0 heterocycles. The van der Waals surface area contributed by atoms with Gasteiger partial charge in [-0.3, -0.25) is 4.79 Å². The van der Waals surface area contributed by atoms with Crippen molar-refractivity contribution >= 4 is 23.7 Å². The predicted octanol–water partition coefficient (Wildman–Crippen LogP) is 2.05. The first kappa shape index (κ1) is 15.3. The van der Waals surface area contributed by atoms with Crippen molar-refractivity contribution in [1.82, 2.24) is 0 Å². The fraction of sp³-hybridized carbons (Fsp3) is 0.500. The van der Waals surface area contributed by atoms with Gasteiger partial charge in [0.15, 0.2) is 6.07 Å². The molecule has 0 spiro atoms. The molecule has 0 fully saturated rings. The minimum atomic E-state index is -0.720. The van der Waals surface area contributed by atoms with Gasteiger partial charge in [-0.2, -0.15) is 0 Å². The van der Waals surface area contributed by atoms with E-state index in [0.29, 0.717) is 6.61 Å². The Hall–Kier alpha value is -1.23. The summed E-state index contributed by atoms with van der Waals surface area (Å²) in [4.78, 5) is 19.9. The smallest absolute Gasteiger partial charge is 0.435 e. The van der Waals surface area contributed by atoms with Crippen molar-refractivity contribution in [2.75, 3.05) is 12.7 Å². The number of carbonyl (C=O) groups excluding carboxylic acids is 2. The molecular formula is C8H13ClO5.